The molecule has 1 N–H and O–H groups in total. The van der Waals surface area contributed by atoms with E-state index in [1.165, 1.54) is 0 Å². The first-order chi connectivity index (χ1) is 14.5. The molecule has 0 radical (unpaired) electrons. The van der Waals surface area contributed by atoms with Crippen molar-refractivity contribution in [2.24, 2.45) is 5.92 Å². The second-order valence-corrected chi connectivity index (χ2v) is 8.00. The number of benzene rings is 2. The molecule has 4 rings (SSSR count). The molecule has 6 nitrogen and oxygen atoms in total. The molecule has 0 spiro atoms. The van der Waals surface area contributed by atoms with Crippen molar-refractivity contribution in [2.45, 2.75) is 18.9 Å². The molecule has 2 atom stereocenters. The molecule has 0 amide bonds. The van der Waals surface area contributed by atoms with E-state index in [2.05, 4.69) is 16.4 Å². The summed E-state index contributed by atoms with van der Waals surface area (Å²) in [5.74, 6) is 2.12. The predicted molar refractivity (Wildman–Crippen MR) is 117 cm³/mol. The molecular formula is C22H20Cl2N4O2. The number of rotatable bonds is 5. The molecule has 8 heteroatoms. The minimum Gasteiger partial charge on any atom is -0.495 e. The van der Waals surface area contributed by atoms with Crippen molar-refractivity contribution in [1.82, 2.24) is 15.3 Å². The van der Waals surface area contributed by atoms with Crippen LogP contribution in [0.4, 0.5) is 0 Å². The number of nitrogens with one attached hydrogen (secondary N) is 1. The fourth-order valence-corrected chi connectivity index (χ4v) is 4.50. The molecule has 154 valence electrons. The molecule has 2 aromatic carbocycles. The lowest BCUT2D eigenvalue weighted by atomic mass is 10.0. The lowest BCUT2D eigenvalue weighted by Crippen LogP contribution is -2.18. The standard InChI is InChI=1S/C22H20Cl2N4O2/c1-29-17-8-18(30-2)22(24)20(21(17)23)13-3-4-16-14(7-13)11-27-19(28-16)6-12-5-15(9-25)26-10-12/h3-4,7-8,11-12,15,26H,5-6,10H2,1-2H3/t12-,15+/m1/s1. The molecule has 30 heavy (non-hydrogen) atoms. The molecule has 0 aliphatic carbocycles. The van der Waals surface area contributed by atoms with Gasteiger partial charge in [0, 0.05) is 29.6 Å². The lowest BCUT2D eigenvalue weighted by Gasteiger charge is -2.15. The SMILES string of the molecule is COc1cc(OC)c(Cl)c(-c2ccc3nc(C[C@@H]4CN[C@H](C#N)C4)ncc3c2)c1Cl. The van der Waals surface area contributed by atoms with Gasteiger partial charge in [0.1, 0.15) is 17.3 Å². The first kappa shape index (κ1) is 20.7. The number of hydrogen-bond donors (Lipinski definition) is 1. The summed E-state index contributed by atoms with van der Waals surface area (Å²) in [5.41, 5.74) is 2.30. The van der Waals surface area contributed by atoms with E-state index in [4.69, 9.17) is 42.9 Å². The van der Waals surface area contributed by atoms with Gasteiger partial charge in [0.2, 0.25) is 0 Å². The monoisotopic (exact) mass is 442 g/mol. The minimum absolute atomic E-state index is 0.0765. The first-order valence-electron chi connectivity index (χ1n) is 9.53. The van der Waals surface area contributed by atoms with Gasteiger partial charge < -0.3 is 14.8 Å². The molecule has 1 fully saturated rings. The van der Waals surface area contributed by atoms with Gasteiger partial charge in [0.15, 0.2) is 0 Å². The summed E-state index contributed by atoms with van der Waals surface area (Å²) < 4.78 is 10.7. The Balaban J connectivity index is 1.68. The third kappa shape index (κ3) is 3.89. The molecule has 1 saturated heterocycles. The summed E-state index contributed by atoms with van der Waals surface area (Å²) in [7, 11) is 3.10. The number of aromatic nitrogens is 2. The van der Waals surface area contributed by atoms with Gasteiger partial charge in [0.05, 0.1) is 41.9 Å². The van der Waals surface area contributed by atoms with E-state index in [1.54, 1.807) is 20.3 Å². The number of nitrogens with zero attached hydrogens (tertiary/aromatic N) is 3. The van der Waals surface area contributed by atoms with E-state index in [-0.39, 0.29) is 6.04 Å². The Hall–Kier alpha value is -2.59. The highest BCUT2D eigenvalue weighted by Crippen LogP contribution is 2.46. The zero-order chi connectivity index (χ0) is 21.3. The molecule has 1 aliphatic rings. The molecule has 0 unspecified atom stereocenters. The predicted octanol–water partition coefficient (Wildman–Crippen LogP) is 4.66. The lowest BCUT2D eigenvalue weighted by molar-refractivity contribution is 0.395. The minimum atomic E-state index is -0.0765. The maximum absolute atomic E-state index is 9.04. The molecule has 2 heterocycles. The third-order valence-corrected chi connectivity index (χ3v) is 6.09. The highest BCUT2D eigenvalue weighted by atomic mass is 35.5. The number of ether oxygens (including phenoxy) is 2. The van der Waals surface area contributed by atoms with Crippen LogP contribution < -0.4 is 14.8 Å². The van der Waals surface area contributed by atoms with Gasteiger partial charge in [-0.15, -0.1) is 0 Å². The average molecular weight is 443 g/mol. The van der Waals surface area contributed by atoms with Gasteiger partial charge in [-0.05, 0) is 36.6 Å². The molecule has 1 aromatic heterocycles. The topological polar surface area (TPSA) is 80.1 Å². The highest BCUT2D eigenvalue weighted by molar-refractivity contribution is 6.41. The van der Waals surface area contributed by atoms with E-state index in [1.807, 2.05) is 24.4 Å². The Labute approximate surface area is 184 Å². The van der Waals surface area contributed by atoms with Crippen LogP contribution in [-0.2, 0) is 6.42 Å². The van der Waals surface area contributed by atoms with Crippen LogP contribution in [0, 0.1) is 17.2 Å². The average Bonchev–Trinajstić information content (AvgIpc) is 3.21. The second kappa shape index (κ2) is 8.65. The molecule has 3 aromatic rings. The van der Waals surface area contributed by atoms with Crippen molar-refractivity contribution in [1.29, 1.82) is 5.26 Å². The van der Waals surface area contributed by atoms with Crippen LogP contribution in [0.5, 0.6) is 11.5 Å². The Morgan fingerprint density at radius 3 is 2.53 bits per heavy atom. The van der Waals surface area contributed by atoms with Gasteiger partial charge in [-0.3, -0.25) is 0 Å². The number of nitriles is 1. The Morgan fingerprint density at radius 1 is 1.17 bits per heavy atom. The van der Waals surface area contributed by atoms with Crippen molar-refractivity contribution in [2.75, 3.05) is 20.8 Å². The summed E-state index contributed by atoms with van der Waals surface area (Å²) in [6, 6.07) is 9.66. The second-order valence-electron chi connectivity index (χ2n) is 7.24. The summed E-state index contributed by atoms with van der Waals surface area (Å²) in [5, 5.41) is 14.0. The van der Waals surface area contributed by atoms with Crippen molar-refractivity contribution in [3.05, 3.63) is 46.3 Å². The van der Waals surface area contributed by atoms with Crippen molar-refractivity contribution >= 4 is 34.1 Å². The van der Waals surface area contributed by atoms with Gasteiger partial charge in [-0.1, -0.05) is 29.3 Å². The number of hydrogen-bond acceptors (Lipinski definition) is 6. The van der Waals surface area contributed by atoms with Crippen LogP contribution in [0.1, 0.15) is 12.2 Å². The van der Waals surface area contributed by atoms with E-state index >= 15 is 0 Å². The largest absolute Gasteiger partial charge is 0.495 e. The summed E-state index contributed by atoms with van der Waals surface area (Å²) in [6.07, 6.45) is 3.38. The molecule has 1 aliphatic heterocycles. The summed E-state index contributed by atoms with van der Waals surface area (Å²) in [4.78, 5) is 9.23. The zero-order valence-electron chi connectivity index (χ0n) is 16.6. The smallest absolute Gasteiger partial charge is 0.141 e. The van der Waals surface area contributed by atoms with Crippen molar-refractivity contribution in [3.63, 3.8) is 0 Å². The van der Waals surface area contributed by atoms with E-state index < -0.39 is 0 Å². The van der Waals surface area contributed by atoms with Crippen molar-refractivity contribution < 1.29 is 9.47 Å². The molecule has 0 bridgehead atoms. The van der Waals surface area contributed by atoms with Crippen molar-refractivity contribution in [3.8, 4) is 28.7 Å². The van der Waals surface area contributed by atoms with Crippen LogP contribution >= 0.6 is 23.2 Å². The van der Waals surface area contributed by atoms with Crippen LogP contribution in [0.2, 0.25) is 10.0 Å². The van der Waals surface area contributed by atoms with E-state index in [0.717, 1.165) is 41.7 Å². The maximum Gasteiger partial charge on any atom is 0.141 e. The fraction of sp³-hybridized carbons (Fsp3) is 0.318. The maximum atomic E-state index is 9.04. The Morgan fingerprint density at radius 2 is 1.90 bits per heavy atom. The fourth-order valence-electron chi connectivity index (χ4n) is 3.79. The number of fused-ring (bicyclic) bond motifs is 1. The Bertz CT molecular complexity index is 1120. The third-order valence-electron chi connectivity index (χ3n) is 5.34. The van der Waals surface area contributed by atoms with Crippen LogP contribution in [-0.4, -0.2) is 36.8 Å². The highest BCUT2D eigenvalue weighted by Gasteiger charge is 2.25. The van der Waals surface area contributed by atoms with Gasteiger partial charge in [0.25, 0.3) is 0 Å². The zero-order valence-corrected chi connectivity index (χ0v) is 18.1. The number of methoxy groups -OCH3 is 2. The first-order valence-corrected chi connectivity index (χ1v) is 10.3. The molecule has 0 saturated carbocycles. The normalized spacial score (nSPS) is 18.4. The number of halogens is 2. The van der Waals surface area contributed by atoms with Crippen LogP contribution in [0.3, 0.4) is 0 Å². The van der Waals surface area contributed by atoms with E-state index in [0.29, 0.717) is 33.0 Å². The van der Waals surface area contributed by atoms with Gasteiger partial charge >= 0.3 is 0 Å². The summed E-state index contributed by atoms with van der Waals surface area (Å²) in [6.45, 7) is 0.813. The van der Waals surface area contributed by atoms with Crippen LogP contribution in [0.15, 0.2) is 30.5 Å². The van der Waals surface area contributed by atoms with Gasteiger partial charge in [-0.25, -0.2) is 9.97 Å². The van der Waals surface area contributed by atoms with Gasteiger partial charge in [-0.2, -0.15) is 5.26 Å². The van der Waals surface area contributed by atoms with E-state index in [9.17, 15) is 0 Å². The summed E-state index contributed by atoms with van der Waals surface area (Å²) >= 11 is 13.1. The van der Waals surface area contributed by atoms with Crippen LogP contribution in [0.25, 0.3) is 22.0 Å². The Kier molecular flexibility index (Phi) is 5.96. The quantitative estimate of drug-likeness (QED) is 0.618. The molecular weight excluding hydrogens is 423 g/mol.